The van der Waals surface area contributed by atoms with Crippen LogP contribution in [0.4, 0.5) is 23.7 Å². The molecule has 0 unspecified atom stereocenters. The van der Waals surface area contributed by atoms with Crippen LogP contribution in [0, 0.1) is 0 Å². The average molecular weight is 338 g/mol. The second-order valence-corrected chi connectivity index (χ2v) is 4.89. The molecule has 2 rings (SSSR count). The minimum absolute atomic E-state index is 0.0172. The third kappa shape index (κ3) is 4.73. The molecule has 5 nitrogen and oxygen atoms in total. The number of carbonyl (C=O) groups excluding carboxylic acids is 1. The highest BCUT2D eigenvalue weighted by Gasteiger charge is 2.30. The number of benzene rings is 2. The highest BCUT2D eigenvalue weighted by Crippen LogP contribution is 2.30. The van der Waals surface area contributed by atoms with Gasteiger partial charge in [-0.2, -0.15) is 13.2 Å². The molecule has 0 fully saturated rings. The van der Waals surface area contributed by atoms with E-state index >= 15 is 0 Å². The molecular weight excluding hydrogens is 325 g/mol. The van der Waals surface area contributed by atoms with Gasteiger partial charge in [0, 0.05) is 12.2 Å². The van der Waals surface area contributed by atoms with Gasteiger partial charge >= 0.3 is 18.2 Å². The first-order valence-electron chi connectivity index (χ1n) is 6.80. The lowest BCUT2D eigenvalue weighted by Gasteiger charge is -2.11. The fourth-order valence-electron chi connectivity index (χ4n) is 1.90. The normalized spacial score (nSPS) is 11.0. The number of rotatable bonds is 4. The maximum atomic E-state index is 12.6. The highest BCUT2D eigenvalue weighted by atomic mass is 19.4. The van der Waals surface area contributed by atoms with E-state index in [9.17, 15) is 22.8 Å². The molecule has 2 amide bonds. The van der Waals surface area contributed by atoms with Gasteiger partial charge in [-0.3, -0.25) is 0 Å². The number of hydrogen-bond acceptors (Lipinski definition) is 2. The third-order valence-corrected chi connectivity index (χ3v) is 3.10. The molecule has 126 valence electrons. The van der Waals surface area contributed by atoms with Crippen LogP contribution in [0.5, 0.6) is 0 Å². The molecule has 2 aromatic rings. The number of nitrogens with one attached hydrogen (secondary N) is 2. The first-order valence-corrected chi connectivity index (χ1v) is 6.80. The molecule has 8 heteroatoms. The van der Waals surface area contributed by atoms with Gasteiger partial charge in [0.25, 0.3) is 0 Å². The van der Waals surface area contributed by atoms with Crippen molar-refractivity contribution < 1.29 is 27.9 Å². The number of carboxylic acids is 1. The predicted molar refractivity (Wildman–Crippen MR) is 80.7 cm³/mol. The van der Waals surface area contributed by atoms with Crippen LogP contribution in [-0.2, 0) is 12.7 Å². The number of halogens is 3. The summed E-state index contributed by atoms with van der Waals surface area (Å²) in [5, 5.41) is 13.6. The summed E-state index contributed by atoms with van der Waals surface area (Å²) >= 11 is 0. The minimum Gasteiger partial charge on any atom is -0.478 e. The largest absolute Gasteiger partial charge is 0.478 e. The summed E-state index contributed by atoms with van der Waals surface area (Å²) in [4.78, 5) is 22.4. The summed E-state index contributed by atoms with van der Waals surface area (Å²) in [6.07, 6.45) is -4.49. The number of alkyl halides is 3. The molecule has 0 aromatic heterocycles. The zero-order valence-corrected chi connectivity index (χ0v) is 12.2. The third-order valence-electron chi connectivity index (χ3n) is 3.10. The number of carboxylic acid groups (broad SMARTS) is 1. The van der Waals surface area contributed by atoms with Gasteiger partial charge in [-0.05, 0) is 35.9 Å². The van der Waals surface area contributed by atoms with Gasteiger partial charge in [0.2, 0.25) is 0 Å². The molecule has 0 bridgehead atoms. The van der Waals surface area contributed by atoms with E-state index < -0.39 is 23.7 Å². The highest BCUT2D eigenvalue weighted by molar-refractivity contribution is 5.89. The maximum Gasteiger partial charge on any atom is 0.416 e. The van der Waals surface area contributed by atoms with Crippen LogP contribution in [0.25, 0.3) is 0 Å². The number of amides is 2. The van der Waals surface area contributed by atoms with E-state index in [1.807, 2.05) is 0 Å². The monoisotopic (exact) mass is 338 g/mol. The van der Waals surface area contributed by atoms with Crippen molar-refractivity contribution in [1.82, 2.24) is 5.32 Å². The van der Waals surface area contributed by atoms with Crippen molar-refractivity contribution in [2.75, 3.05) is 5.32 Å². The van der Waals surface area contributed by atoms with Crippen molar-refractivity contribution in [3.05, 3.63) is 65.2 Å². The van der Waals surface area contributed by atoms with E-state index in [0.29, 0.717) is 5.56 Å². The first-order chi connectivity index (χ1) is 11.3. The van der Waals surface area contributed by atoms with Crippen molar-refractivity contribution >= 4 is 17.7 Å². The maximum absolute atomic E-state index is 12.6. The summed E-state index contributed by atoms with van der Waals surface area (Å²) in [6.45, 7) is 0.102. The lowest BCUT2D eigenvalue weighted by Crippen LogP contribution is -2.28. The quantitative estimate of drug-likeness (QED) is 0.795. The molecule has 2 aromatic carbocycles. The van der Waals surface area contributed by atoms with E-state index in [1.165, 1.54) is 36.4 Å². The number of hydrogen-bond donors (Lipinski definition) is 3. The molecule has 24 heavy (non-hydrogen) atoms. The summed E-state index contributed by atoms with van der Waals surface area (Å²) in [6, 6.07) is 9.47. The summed E-state index contributed by atoms with van der Waals surface area (Å²) < 4.78 is 37.8. The van der Waals surface area contributed by atoms with Crippen LogP contribution >= 0.6 is 0 Å². The molecule has 0 heterocycles. The molecule has 0 aliphatic heterocycles. The first kappa shape index (κ1) is 17.3. The van der Waals surface area contributed by atoms with Gasteiger partial charge in [0.1, 0.15) is 0 Å². The fourth-order valence-corrected chi connectivity index (χ4v) is 1.90. The van der Waals surface area contributed by atoms with E-state index in [0.717, 1.165) is 12.1 Å². The van der Waals surface area contributed by atoms with Gasteiger partial charge in [-0.15, -0.1) is 0 Å². The zero-order chi connectivity index (χ0) is 17.7. The van der Waals surface area contributed by atoms with Crippen LogP contribution in [0.15, 0.2) is 48.5 Å². The Hall–Kier alpha value is -3.03. The average Bonchev–Trinajstić information content (AvgIpc) is 2.53. The van der Waals surface area contributed by atoms with Crippen LogP contribution in [-0.4, -0.2) is 17.1 Å². The summed E-state index contributed by atoms with van der Waals surface area (Å²) in [5.74, 6) is -1.06. The van der Waals surface area contributed by atoms with Gasteiger partial charge in [-0.1, -0.05) is 18.2 Å². The molecule has 0 aliphatic rings. The molecule has 0 radical (unpaired) electrons. The molecule has 0 saturated heterocycles. The molecule has 0 spiro atoms. The van der Waals surface area contributed by atoms with E-state index in [-0.39, 0.29) is 17.8 Å². The number of aromatic carboxylic acids is 1. The lowest BCUT2D eigenvalue weighted by atomic mass is 10.1. The Balaban J connectivity index is 1.93. The Bertz CT molecular complexity index is 743. The fraction of sp³-hybridized carbons (Fsp3) is 0.125. The lowest BCUT2D eigenvalue weighted by molar-refractivity contribution is -0.137. The van der Waals surface area contributed by atoms with Gasteiger partial charge in [0.15, 0.2) is 0 Å². The van der Waals surface area contributed by atoms with E-state index in [1.54, 1.807) is 0 Å². The number of urea groups is 1. The van der Waals surface area contributed by atoms with Crippen molar-refractivity contribution in [1.29, 1.82) is 0 Å². The minimum atomic E-state index is -4.49. The molecule has 0 aliphatic carbocycles. The van der Waals surface area contributed by atoms with Crippen LogP contribution < -0.4 is 10.6 Å². The van der Waals surface area contributed by atoms with Gasteiger partial charge < -0.3 is 15.7 Å². The molecule has 0 saturated carbocycles. The molecule has 0 atom stereocenters. The SMILES string of the molecule is O=C(NCc1ccc(C(=O)O)cc1)Nc1cccc(C(F)(F)F)c1. The van der Waals surface area contributed by atoms with E-state index in [4.69, 9.17) is 5.11 Å². The van der Waals surface area contributed by atoms with Gasteiger partial charge in [-0.25, -0.2) is 9.59 Å². The summed E-state index contributed by atoms with van der Waals surface area (Å²) in [7, 11) is 0. The van der Waals surface area contributed by atoms with Gasteiger partial charge in [0.05, 0.1) is 11.1 Å². The van der Waals surface area contributed by atoms with Crippen LogP contribution in [0.3, 0.4) is 0 Å². The van der Waals surface area contributed by atoms with Crippen molar-refractivity contribution in [2.24, 2.45) is 0 Å². The number of anilines is 1. The van der Waals surface area contributed by atoms with Crippen LogP contribution in [0.2, 0.25) is 0 Å². The van der Waals surface area contributed by atoms with Crippen molar-refractivity contribution in [3.8, 4) is 0 Å². The Morgan fingerprint density at radius 3 is 2.29 bits per heavy atom. The standard InChI is InChI=1S/C16H13F3N2O3/c17-16(18,19)12-2-1-3-13(8-12)21-15(24)20-9-10-4-6-11(7-5-10)14(22)23/h1-8H,9H2,(H,22,23)(H2,20,21,24). The van der Waals surface area contributed by atoms with Crippen molar-refractivity contribution in [2.45, 2.75) is 12.7 Å². The Labute approximate surface area is 135 Å². The zero-order valence-electron chi connectivity index (χ0n) is 12.2. The Kier molecular flexibility index (Phi) is 5.08. The Morgan fingerprint density at radius 1 is 1.04 bits per heavy atom. The summed E-state index contributed by atoms with van der Waals surface area (Å²) in [5.41, 5.74) is -0.0699. The van der Waals surface area contributed by atoms with Crippen molar-refractivity contribution in [3.63, 3.8) is 0 Å². The van der Waals surface area contributed by atoms with Crippen LogP contribution in [0.1, 0.15) is 21.5 Å². The number of carbonyl (C=O) groups is 2. The topological polar surface area (TPSA) is 78.4 Å². The molecule has 3 N–H and O–H groups in total. The smallest absolute Gasteiger partial charge is 0.416 e. The Morgan fingerprint density at radius 2 is 1.71 bits per heavy atom. The second kappa shape index (κ2) is 7.03. The molecular formula is C16H13F3N2O3. The van der Waals surface area contributed by atoms with E-state index in [2.05, 4.69) is 10.6 Å². The predicted octanol–water partition coefficient (Wildman–Crippen LogP) is 3.73. The second-order valence-electron chi connectivity index (χ2n) is 4.89.